The van der Waals surface area contributed by atoms with Gasteiger partial charge in [-0.05, 0) is 50.6 Å². The maximum Gasteiger partial charge on any atom is 0.227 e. The van der Waals surface area contributed by atoms with E-state index in [4.69, 9.17) is 0 Å². The summed E-state index contributed by atoms with van der Waals surface area (Å²) in [5.74, 6) is 0.328. The minimum atomic E-state index is 0. The number of benzene rings is 1. The van der Waals surface area contributed by atoms with Crippen molar-refractivity contribution < 1.29 is 4.79 Å². The zero-order chi connectivity index (χ0) is 11.4. The number of piperidine rings is 1. The van der Waals surface area contributed by atoms with Crippen molar-refractivity contribution in [2.45, 2.75) is 19.8 Å². The van der Waals surface area contributed by atoms with Gasteiger partial charge in [-0.1, -0.05) is 12.1 Å². The summed E-state index contributed by atoms with van der Waals surface area (Å²) in [6, 6.07) is 7.93. The molecular formula is C13H19ClN2O. The fourth-order valence-electron chi connectivity index (χ4n) is 2.05. The van der Waals surface area contributed by atoms with Crippen molar-refractivity contribution in [3.05, 3.63) is 29.8 Å². The van der Waals surface area contributed by atoms with Crippen LogP contribution in [0.4, 0.5) is 5.69 Å². The number of aryl methyl sites for hydroxylation is 1. The summed E-state index contributed by atoms with van der Waals surface area (Å²) in [5.41, 5.74) is 2.08. The lowest BCUT2D eigenvalue weighted by Crippen LogP contribution is -2.34. The molecule has 1 aliphatic heterocycles. The molecule has 0 bridgehead atoms. The van der Waals surface area contributed by atoms with Crippen molar-refractivity contribution in [2.75, 3.05) is 18.4 Å². The zero-order valence-electron chi connectivity index (χ0n) is 10.0. The molecule has 1 aliphatic rings. The molecule has 3 nitrogen and oxygen atoms in total. The molecule has 1 saturated heterocycles. The van der Waals surface area contributed by atoms with Gasteiger partial charge in [-0.25, -0.2) is 0 Å². The van der Waals surface area contributed by atoms with Gasteiger partial charge in [-0.3, -0.25) is 4.79 Å². The van der Waals surface area contributed by atoms with Crippen LogP contribution in [0.15, 0.2) is 24.3 Å². The van der Waals surface area contributed by atoms with E-state index in [1.165, 1.54) is 5.56 Å². The van der Waals surface area contributed by atoms with Crippen molar-refractivity contribution in [3.63, 3.8) is 0 Å². The fourth-order valence-corrected chi connectivity index (χ4v) is 2.05. The van der Waals surface area contributed by atoms with Gasteiger partial charge in [0.05, 0.1) is 0 Å². The van der Waals surface area contributed by atoms with Crippen molar-refractivity contribution in [1.29, 1.82) is 0 Å². The standard InChI is InChI=1S/C13H18N2O.ClH/c1-10-3-2-4-12(9-10)15-13(16)11-5-7-14-8-6-11;/h2-4,9,11,14H,5-8H2,1H3,(H,15,16);1H. The Bertz CT molecular complexity index is 375. The number of carbonyl (C=O) groups is 1. The lowest BCUT2D eigenvalue weighted by Gasteiger charge is -2.21. The Labute approximate surface area is 108 Å². The van der Waals surface area contributed by atoms with Crippen LogP contribution < -0.4 is 10.6 Å². The van der Waals surface area contributed by atoms with Crippen LogP contribution in [0.2, 0.25) is 0 Å². The highest BCUT2D eigenvalue weighted by molar-refractivity contribution is 5.92. The second kappa shape index (κ2) is 6.62. The first kappa shape index (κ1) is 14.0. The Hall–Kier alpha value is -1.06. The van der Waals surface area contributed by atoms with E-state index in [0.717, 1.165) is 31.6 Å². The number of hydrogen-bond donors (Lipinski definition) is 2. The van der Waals surface area contributed by atoms with E-state index in [0.29, 0.717) is 0 Å². The molecule has 0 spiro atoms. The Balaban J connectivity index is 0.00000144. The molecule has 1 aromatic rings. The van der Waals surface area contributed by atoms with Gasteiger partial charge >= 0.3 is 0 Å². The van der Waals surface area contributed by atoms with Crippen LogP contribution in [0, 0.1) is 12.8 Å². The molecule has 2 N–H and O–H groups in total. The van der Waals surface area contributed by atoms with Gasteiger partial charge in [-0.2, -0.15) is 0 Å². The third-order valence-corrected chi connectivity index (χ3v) is 3.00. The third kappa shape index (κ3) is 4.02. The second-order valence-corrected chi connectivity index (χ2v) is 4.38. The first-order chi connectivity index (χ1) is 7.75. The topological polar surface area (TPSA) is 41.1 Å². The predicted molar refractivity (Wildman–Crippen MR) is 72.7 cm³/mol. The lowest BCUT2D eigenvalue weighted by molar-refractivity contribution is -0.120. The van der Waals surface area contributed by atoms with Crippen LogP contribution in [-0.4, -0.2) is 19.0 Å². The summed E-state index contributed by atoms with van der Waals surface area (Å²) in [7, 11) is 0. The van der Waals surface area contributed by atoms with Crippen LogP contribution in [-0.2, 0) is 4.79 Å². The van der Waals surface area contributed by atoms with Gasteiger partial charge in [0.15, 0.2) is 0 Å². The largest absolute Gasteiger partial charge is 0.326 e. The molecular weight excluding hydrogens is 236 g/mol. The number of hydrogen-bond acceptors (Lipinski definition) is 2. The smallest absolute Gasteiger partial charge is 0.227 e. The first-order valence-electron chi connectivity index (χ1n) is 5.84. The van der Waals surface area contributed by atoms with Crippen molar-refractivity contribution in [2.24, 2.45) is 5.92 Å². The highest BCUT2D eigenvalue weighted by atomic mass is 35.5. The normalized spacial score (nSPS) is 16.1. The zero-order valence-corrected chi connectivity index (χ0v) is 10.8. The summed E-state index contributed by atoms with van der Waals surface area (Å²) < 4.78 is 0. The molecule has 0 atom stereocenters. The molecule has 17 heavy (non-hydrogen) atoms. The molecule has 94 valence electrons. The van der Waals surface area contributed by atoms with Crippen LogP contribution >= 0.6 is 12.4 Å². The lowest BCUT2D eigenvalue weighted by atomic mass is 9.97. The van der Waals surface area contributed by atoms with Gasteiger partial charge in [0.1, 0.15) is 0 Å². The maximum atomic E-state index is 11.9. The Morgan fingerprint density at radius 3 is 2.71 bits per heavy atom. The quantitative estimate of drug-likeness (QED) is 0.851. The monoisotopic (exact) mass is 254 g/mol. The van der Waals surface area contributed by atoms with E-state index in [9.17, 15) is 4.79 Å². The van der Waals surface area contributed by atoms with Gasteiger partial charge in [0.25, 0.3) is 0 Å². The molecule has 2 rings (SSSR count). The van der Waals surface area contributed by atoms with Crippen molar-refractivity contribution in [3.8, 4) is 0 Å². The number of nitrogens with one attached hydrogen (secondary N) is 2. The minimum absolute atomic E-state index is 0. The number of amides is 1. The molecule has 0 saturated carbocycles. The Morgan fingerprint density at radius 1 is 1.35 bits per heavy atom. The van der Waals surface area contributed by atoms with E-state index in [2.05, 4.69) is 10.6 Å². The van der Waals surface area contributed by atoms with Gasteiger partial charge < -0.3 is 10.6 Å². The summed E-state index contributed by atoms with van der Waals surface area (Å²) in [5, 5.41) is 6.25. The van der Waals surface area contributed by atoms with Crippen LogP contribution in [0.1, 0.15) is 18.4 Å². The SMILES string of the molecule is Cc1cccc(NC(=O)C2CCNCC2)c1.Cl. The predicted octanol–water partition coefficient (Wildman–Crippen LogP) is 2.35. The Kier molecular flexibility index (Phi) is 5.45. The highest BCUT2D eigenvalue weighted by Gasteiger charge is 2.20. The summed E-state index contributed by atoms with van der Waals surface area (Å²) in [6.45, 7) is 3.93. The maximum absolute atomic E-state index is 11.9. The van der Waals surface area contributed by atoms with Crippen LogP contribution in [0.25, 0.3) is 0 Å². The molecule has 0 aliphatic carbocycles. The third-order valence-electron chi connectivity index (χ3n) is 3.00. The van der Waals surface area contributed by atoms with E-state index in [1.807, 2.05) is 31.2 Å². The fraction of sp³-hybridized carbons (Fsp3) is 0.462. The average Bonchev–Trinajstić information content (AvgIpc) is 2.30. The Morgan fingerprint density at radius 2 is 2.06 bits per heavy atom. The van der Waals surface area contributed by atoms with E-state index < -0.39 is 0 Å². The van der Waals surface area contributed by atoms with Crippen LogP contribution in [0.3, 0.4) is 0 Å². The molecule has 0 unspecified atom stereocenters. The number of carbonyl (C=O) groups excluding carboxylic acids is 1. The molecule has 4 heteroatoms. The average molecular weight is 255 g/mol. The molecule has 0 radical (unpaired) electrons. The molecule has 0 aromatic heterocycles. The number of halogens is 1. The number of rotatable bonds is 2. The van der Waals surface area contributed by atoms with E-state index in [-0.39, 0.29) is 24.2 Å². The van der Waals surface area contributed by atoms with Crippen molar-refractivity contribution in [1.82, 2.24) is 5.32 Å². The molecule has 1 amide bonds. The van der Waals surface area contributed by atoms with Gasteiger partial charge in [-0.15, -0.1) is 12.4 Å². The van der Waals surface area contributed by atoms with Gasteiger partial charge in [0.2, 0.25) is 5.91 Å². The summed E-state index contributed by atoms with van der Waals surface area (Å²) in [6.07, 6.45) is 1.88. The van der Waals surface area contributed by atoms with E-state index >= 15 is 0 Å². The molecule has 1 aromatic carbocycles. The minimum Gasteiger partial charge on any atom is -0.326 e. The molecule has 1 heterocycles. The van der Waals surface area contributed by atoms with Crippen molar-refractivity contribution >= 4 is 24.0 Å². The summed E-state index contributed by atoms with van der Waals surface area (Å²) >= 11 is 0. The second-order valence-electron chi connectivity index (χ2n) is 4.38. The first-order valence-corrected chi connectivity index (χ1v) is 5.84. The highest BCUT2D eigenvalue weighted by Crippen LogP contribution is 2.16. The number of anilines is 1. The molecule has 1 fully saturated rings. The van der Waals surface area contributed by atoms with E-state index in [1.54, 1.807) is 0 Å². The van der Waals surface area contributed by atoms with Gasteiger partial charge in [0, 0.05) is 11.6 Å². The van der Waals surface area contributed by atoms with Crippen LogP contribution in [0.5, 0.6) is 0 Å². The summed E-state index contributed by atoms with van der Waals surface area (Å²) in [4.78, 5) is 11.9.